The van der Waals surface area contributed by atoms with Crippen LogP contribution in [0.25, 0.3) is 11.2 Å². The average molecular weight is 487 g/mol. The Morgan fingerprint density at radius 2 is 1.80 bits per heavy atom. The molecule has 30 heavy (non-hydrogen) atoms. The Hall–Kier alpha value is -1.24. The summed E-state index contributed by atoms with van der Waals surface area (Å²) in [6, 6.07) is -0.0705. The summed E-state index contributed by atoms with van der Waals surface area (Å²) < 4.78 is 48.0. The van der Waals surface area contributed by atoms with E-state index in [1.165, 1.54) is 6.33 Å². The molecule has 0 bridgehead atoms. The molecule has 0 saturated heterocycles. The SMILES string of the molecule is C[C@@H]1[C@H](COP(=O)(O)OP(=O)(O)OP(=O)(O)O)CC[C@@H]1n1cnc2c(N)ncnc21. The first-order valence-electron chi connectivity index (χ1n) is 8.49. The van der Waals surface area contributed by atoms with Gasteiger partial charge in [0, 0.05) is 6.04 Å². The number of rotatable bonds is 8. The minimum absolute atomic E-state index is 0.0705. The number of aromatic nitrogens is 4. The number of hydrogen-bond donors (Lipinski definition) is 5. The van der Waals surface area contributed by atoms with Gasteiger partial charge in [-0.3, -0.25) is 4.52 Å². The summed E-state index contributed by atoms with van der Waals surface area (Å²) in [7, 11) is -16.1. The molecule has 2 unspecified atom stereocenters. The minimum Gasteiger partial charge on any atom is -0.382 e. The molecule has 2 heterocycles. The van der Waals surface area contributed by atoms with Crippen molar-refractivity contribution >= 4 is 40.4 Å². The van der Waals surface area contributed by atoms with E-state index in [-0.39, 0.29) is 30.3 Å². The third kappa shape index (κ3) is 5.51. The predicted molar refractivity (Wildman–Crippen MR) is 100 cm³/mol. The molecule has 1 fully saturated rings. The Labute approximate surface area is 169 Å². The summed E-state index contributed by atoms with van der Waals surface area (Å²) in [5.41, 5.74) is 6.80. The monoisotopic (exact) mass is 487 g/mol. The van der Waals surface area contributed by atoms with E-state index in [2.05, 4.69) is 23.6 Å². The van der Waals surface area contributed by atoms with Crippen LogP contribution in [-0.4, -0.2) is 45.7 Å². The Balaban J connectivity index is 1.64. The molecule has 1 saturated carbocycles. The van der Waals surface area contributed by atoms with Crippen LogP contribution in [0, 0.1) is 11.8 Å². The maximum Gasteiger partial charge on any atom is 0.490 e. The van der Waals surface area contributed by atoms with Crippen LogP contribution in [-0.2, 0) is 26.8 Å². The maximum atomic E-state index is 11.9. The molecule has 1 aliphatic carbocycles. The van der Waals surface area contributed by atoms with E-state index in [9.17, 15) is 23.5 Å². The van der Waals surface area contributed by atoms with Crippen molar-refractivity contribution in [2.24, 2.45) is 11.8 Å². The van der Waals surface area contributed by atoms with Crippen LogP contribution >= 0.6 is 23.5 Å². The van der Waals surface area contributed by atoms with Gasteiger partial charge in [-0.2, -0.15) is 8.62 Å². The summed E-state index contributed by atoms with van der Waals surface area (Å²) in [6.07, 6.45) is 4.16. The Bertz CT molecular complexity index is 1070. The van der Waals surface area contributed by atoms with Crippen LogP contribution in [0.2, 0.25) is 0 Å². The van der Waals surface area contributed by atoms with Crippen LogP contribution < -0.4 is 5.73 Å². The van der Waals surface area contributed by atoms with Gasteiger partial charge in [0.15, 0.2) is 11.5 Å². The summed E-state index contributed by atoms with van der Waals surface area (Å²) in [6.45, 7) is 1.57. The topological polar surface area (TPSA) is 229 Å². The first kappa shape index (κ1) is 23.4. The van der Waals surface area contributed by atoms with Crippen molar-refractivity contribution in [1.82, 2.24) is 19.5 Å². The molecule has 2 aromatic heterocycles. The molecular formula is C12H20N5O10P3. The van der Waals surface area contributed by atoms with Crippen LogP contribution in [0.1, 0.15) is 25.8 Å². The second kappa shape index (κ2) is 8.36. The maximum absolute atomic E-state index is 11.9. The highest BCUT2D eigenvalue weighted by Crippen LogP contribution is 2.66. The van der Waals surface area contributed by atoms with E-state index in [0.717, 1.165) is 0 Å². The highest BCUT2D eigenvalue weighted by Gasteiger charge is 2.42. The van der Waals surface area contributed by atoms with Crippen molar-refractivity contribution in [2.75, 3.05) is 12.3 Å². The van der Waals surface area contributed by atoms with Gasteiger partial charge in [-0.25, -0.2) is 28.6 Å². The van der Waals surface area contributed by atoms with E-state index >= 15 is 0 Å². The lowest BCUT2D eigenvalue weighted by Gasteiger charge is -2.23. The van der Waals surface area contributed by atoms with Gasteiger partial charge in [0.1, 0.15) is 11.8 Å². The van der Waals surface area contributed by atoms with Crippen molar-refractivity contribution in [3.63, 3.8) is 0 Å². The van der Waals surface area contributed by atoms with E-state index in [0.29, 0.717) is 24.0 Å². The van der Waals surface area contributed by atoms with Gasteiger partial charge in [-0.15, -0.1) is 0 Å². The Kier molecular flexibility index (Phi) is 6.53. The standard InChI is InChI=1S/C12H20N5O10P3/c1-7-8(4-25-29(21,22)27-30(23,24)26-28(18,19)20)2-3-9(7)17-6-16-10-11(13)14-5-15-12(10)17/h5-9H,2-4H2,1H3,(H,21,22)(H,23,24)(H2,13,14,15)(H2,18,19,20)/t7-,8+,9+/m1/s1. The number of phosphoric acid groups is 3. The third-order valence-electron chi connectivity index (χ3n) is 4.80. The molecule has 6 N–H and O–H groups in total. The van der Waals surface area contributed by atoms with E-state index < -0.39 is 23.5 Å². The molecule has 0 amide bonds. The molecular weight excluding hydrogens is 467 g/mol. The zero-order valence-corrected chi connectivity index (χ0v) is 18.1. The molecule has 1 aliphatic rings. The fourth-order valence-corrected chi connectivity index (χ4v) is 6.53. The zero-order valence-electron chi connectivity index (χ0n) is 15.5. The number of nitrogens with two attached hydrogens (primary N) is 1. The number of imidazole rings is 1. The lowest BCUT2D eigenvalue weighted by Crippen LogP contribution is -2.19. The van der Waals surface area contributed by atoms with Gasteiger partial charge in [0.2, 0.25) is 0 Å². The third-order valence-corrected chi connectivity index (χ3v) is 8.60. The zero-order chi connectivity index (χ0) is 22.3. The molecule has 0 aliphatic heterocycles. The van der Waals surface area contributed by atoms with Crippen molar-refractivity contribution in [3.05, 3.63) is 12.7 Å². The lowest BCUT2D eigenvalue weighted by atomic mass is 9.96. The molecule has 0 aromatic carbocycles. The fourth-order valence-electron chi connectivity index (χ4n) is 3.46. The lowest BCUT2D eigenvalue weighted by molar-refractivity contribution is 0.140. The normalized spacial score (nSPS) is 26.5. The number of hydrogen-bond acceptors (Lipinski definition) is 10. The van der Waals surface area contributed by atoms with Gasteiger partial charge >= 0.3 is 23.5 Å². The minimum atomic E-state index is -5.54. The summed E-state index contributed by atoms with van der Waals surface area (Å²) in [5.74, 6) is -0.0732. The van der Waals surface area contributed by atoms with Gasteiger partial charge in [-0.1, -0.05) is 6.92 Å². The molecule has 3 rings (SSSR count). The quantitative estimate of drug-likeness (QED) is 0.331. The predicted octanol–water partition coefficient (Wildman–Crippen LogP) is 1.34. The summed E-state index contributed by atoms with van der Waals surface area (Å²) in [4.78, 5) is 48.2. The van der Waals surface area contributed by atoms with Crippen molar-refractivity contribution in [3.8, 4) is 0 Å². The number of nitrogen functional groups attached to an aromatic ring is 1. The van der Waals surface area contributed by atoms with E-state index in [4.69, 9.17) is 20.0 Å². The second-order valence-electron chi connectivity index (χ2n) is 6.73. The number of fused-ring (bicyclic) bond motifs is 1. The van der Waals surface area contributed by atoms with Gasteiger partial charge in [-0.05, 0) is 24.7 Å². The summed E-state index contributed by atoms with van der Waals surface area (Å²) >= 11 is 0. The van der Waals surface area contributed by atoms with Crippen molar-refractivity contribution in [1.29, 1.82) is 0 Å². The number of anilines is 1. The highest BCUT2D eigenvalue weighted by molar-refractivity contribution is 7.66. The number of nitrogens with zero attached hydrogens (tertiary/aromatic N) is 4. The smallest absolute Gasteiger partial charge is 0.382 e. The summed E-state index contributed by atoms with van der Waals surface area (Å²) in [5, 5.41) is 0. The van der Waals surface area contributed by atoms with Gasteiger partial charge < -0.3 is 29.9 Å². The van der Waals surface area contributed by atoms with Crippen LogP contribution in [0.5, 0.6) is 0 Å². The van der Waals surface area contributed by atoms with Crippen molar-refractivity contribution < 1.29 is 46.4 Å². The van der Waals surface area contributed by atoms with Crippen molar-refractivity contribution in [2.45, 2.75) is 25.8 Å². The molecule has 15 nitrogen and oxygen atoms in total. The molecule has 0 spiro atoms. The van der Waals surface area contributed by atoms with Gasteiger partial charge in [0.25, 0.3) is 0 Å². The molecule has 168 valence electrons. The fraction of sp³-hybridized carbons (Fsp3) is 0.583. The van der Waals surface area contributed by atoms with E-state index in [1.54, 1.807) is 6.33 Å². The Morgan fingerprint density at radius 3 is 2.47 bits per heavy atom. The molecule has 5 atom stereocenters. The van der Waals surface area contributed by atoms with E-state index in [1.807, 2.05) is 11.5 Å². The number of phosphoric ester groups is 1. The van der Waals surface area contributed by atoms with Crippen LogP contribution in [0.15, 0.2) is 12.7 Å². The average Bonchev–Trinajstić information content (AvgIpc) is 3.14. The Morgan fingerprint density at radius 1 is 1.10 bits per heavy atom. The van der Waals surface area contributed by atoms with Crippen LogP contribution in [0.3, 0.4) is 0 Å². The molecule has 18 heteroatoms. The molecule has 2 aromatic rings. The first-order valence-corrected chi connectivity index (χ1v) is 13.0. The first-order chi connectivity index (χ1) is 13.8. The van der Waals surface area contributed by atoms with Crippen LogP contribution in [0.4, 0.5) is 5.82 Å². The highest BCUT2D eigenvalue weighted by atomic mass is 31.3. The second-order valence-corrected chi connectivity index (χ2v) is 11.2. The molecule has 0 radical (unpaired) electrons. The van der Waals surface area contributed by atoms with Gasteiger partial charge in [0.05, 0.1) is 12.9 Å². The largest absolute Gasteiger partial charge is 0.490 e.